The lowest BCUT2D eigenvalue weighted by molar-refractivity contribution is -0.152. The van der Waals surface area contributed by atoms with Crippen molar-refractivity contribution in [3.8, 4) is 11.8 Å². The van der Waals surface area contributed by atoms with Crippen molar-refractivity contribution in [1.29, 1.82) is 5.26 Å². The number of ether oxygens (including phenoxy) is 3. The van der Waals surface area contributed by atoms with E-state index in [9.17, 15) is 14.9 Å². The average Bonchev–Trinajstić information content (AvgIpc) is 2.88. The lowest BCUT2D eigenvalue weighted by Gasteiger charge is -2.42. The van der Waals surface area contributed by atoms with Gasteiger partial charge in [-0.15, -0.1) is 0 Å². The van der Waals surface area contributed by atoms with E-state index in [1.807, 2.05) is 7.05 Å². The highest BCUT2D eigenvalue weighted by Crippen LogP contribution is 2.41. The third kappa shape index (κ3) is 5.84. The molecule has 36 heavy (non-hydrogen) atoms. The Morgan fingerprint density at radius 3 is 2.58 bits per heavy atom. The second kappa shape index (κ2) is 11.6. The standard InChI is InChI=1S/C28H39N3O5/c1-30-18-24-23(34-3)11-10-21(36-24)12-15-35-26-20(17-29)8-7-9-22(26)27(33)31(2)19-28(16-25(30)32)13-5-4-6-14-28/h7-9,21,23-24H,4-6,10-16,18-19H2,1-3H3/t21-,23+,24-/m1/s1. The van der Waals surface area contributed by atoms with Crippen molar-refractivity contribution in [3.05, 3.63) is 29.3 Å². The molecule has 2 bridgehead atoms. The number of benzene rings is 1. The van der Waals surface area contributed by atoms with E-state index >= 15 is 0 Å². The zero-order valence-corrected chi connectivity index (χ0v) is 21.8. The first-order chi connectivity index (χ1) is 17.4. The van der Waals surface area contributed by atoms with Crippen LogP contribution < -0.4 is 4.74 Å². The average molecular weight is 498 g/mol. The van der Waals surface area contributed by atoms with Crippen LogP contribution in [0.5, 0.6) is 5.75 Å². The molecule has 2 amide bonds. The molecule has 8 nitrogen and oxygen atoms in total. The van der Waals surface area contributed by atoms with Gasteiger partial charge in [0.1, 0.15) is 17.9 Å². The molecule has 0 aromatic heterocycles. The minimum absolute atomic E-state index is 0.0430. The van der Waals surface area contributed by atoms with Gasteiger partial charge in [-0.3, -0.25) is 9.59 Å². The summed E-state index contributed by atoms with van der Waals surface area (Å²) in [5.74, 6) is 0.234. The Balaban J connectivity index is 1.68. The highest BCUT2D eigenvalue weighted by Gasteiger charge is 2.39. The molecule has 1 aromatic rings. The van der Waals surface area contributed by atoms with E-state index in [0.717, 1.165) is 44.9 Å². The van der Waals surface area contributed by atoms with Crippen molar-refractivity contribution in [2.24, 2.45) is 5.41 Å². The van der Waals surface area contributed by atoms with Gasteiger partial charge in [-0.2, -0.15) is 5.26 Å². The molecule has 0 N–H and O–H groups in total. The van der Waals surface area contributed by atoms with E-state index in [4.69, 9.17) is 14.2 Å². The van der Waals surface area contributed by atoms with Gasteiger partial charge in [-0.05, 0) is 43.2 Å². The topological polar surface area (TPSA) is 92.1 Å². The fraction of sp³-hybridized carbons (Fsp3) is 0.679. The van der Waals surface area contributed by atoms with Gasteiger partial charge in [0.15, 0.2) is 0 Å². The largest absolute Gasteiger partial charge is 0.491 e. The minimum Gasteiger partial charge on any atom is -0.491 e. The number of likely N-dealkylation sites (N-methyl/N-ethyl adjacent to an activating group) is 1. The number of carbonyl (C=O) groups excluding carboxylic acids is 2. The molecule has 1 aromatic carbocycles. The molecule has 1 saturated carbocycles. The third-order valence-corrected chi connectivity index (χ3v) is 8.15. The summed E-state index contributed by atoms with van der Waals surface area (Å²) < 4.78 is 18.2. The van der Waals surface area contributed by atoms with Gasteiger partial charge >= 0.3 is 0 Å². The van der Waals surface area contributed by atoms with Crippen LogP contribution in [0.1, 0.15) is 73.7 Å². The molecule has 8 heteroatoms. The molecule has 3 atom stereocenters. The Kier molecular flexibility index (Phi) is 8.53. The zero-order chi connectivity index (χ0) is 25.7. The maximum Gasteiger partial charge on any atom is 0.257 e. The maximum atomic E-state index is 13.6. The Bertz CT molecular complexity index is 984. The van der Waals surface area contributed by atoms with Crippen LogP contribution in [0, 0.1) is 16.7 Å². The van der Waals surface area contributed by atoms with E-state index in [2.05, 4.69) is 6.07 Å². The summed E-state index contributed by atoms with van der Waals surface area (Å²) in [7, 11) is 5.34. The molecule has 2 fully saturated rings. The molecule has 3 aliphatic rings. The number of carbonyl (C=O) groups is 2. The van der Waals surface area contributed by atoms with E-state index in [1.165, 1.54) is 0 Å². The number of methoxy groups -OCH3 is 1. The van der Waals surface area contributed by atoms with Crippen molar-refractivity contribution in [1.82, 2.24) is 9.80 Å². The predicted molar refractivity (Wildman–Crippen MR) is 135 cm³/mol. The predicted octanol–water partition coefficient (Wildman–Crippen LogP) is 3.77. The highest BCUT2D eigenvalue weighted by atomic mass is 16.5. The first-order valence-corrected chi connectivity index (χ1v) is 13.2. The van der Waals surface area contributed by atoms with Crippen molar-refractivity contribution >= 4 is 11.8 Å². The van der Waals surface area contributed by atoms with Gasteiger partial charge in [0.2, 0.25) is 5.91 Å². The van der Waals surface area contributed by atoms with Crippen molar-refractivity contribution in [2.75, 3.05) is 40.9 Å². The monoisotopic (exact) mass is 497 g/mol. The van der Waals surface area contributed by atoms with Crippen LogP contribution in [0.3, 0.4) is 0 Å². The Labute approximate surface area is 214 Å². The van der Waals surface area contributed by atoms with Gasteiger partial charge in [-0.1, -0.05) is 25.3 Å². The molecule has 0 radical (unpaired) electrons. The van der Waals surface area contributed by atoms with Crippen molar-refractivity contribution < 1.29 is 23.8 Å². The molecular formula is C28H39N3O5. The smallest absolute Gasteiger partial charge is 0.257 e. The van der Waals surface area contributed by atoms with Crippen LogP contribution in [0.15, 0.2) is 18.2 Å². The van der Waals surface area contributed by atoms with Crippen LogP contribution in [0.2, 0.25) is 0 Å². The Hall–Kier alpha value is -2.63. The fourth-order valence-electron chi connectivity index (χ4n) is 6.12. The van der Waals surface area contributed by atoms with E-state index in [-0.39, 0.29) is 35.5 Å². The van der Waals surface area contributed by atoms with E-state index in [0.29, 0.717) is 49.4 Å². The van der Waals surface area contributed by atoms with Crippen LogP contribution in [-0.4, -0.2) is 80.8 Å². The lowest BCUT2D eigenvalue weighted by atomic mass is 9.71. The summed E-state index contributed by atoms with van der Waals surface area (Å²) >= 11 is 0. The van der Waals surface area contributed by atoms with Gasteiger partial charge in [0.05, 0.1) is 29.9 Å². The number of rotatable bonds is 1. The molecule has 4 rings (SSSR count). The van der Waals surface area contributed by atoms with Crippen LogP contribution in [0.4, 0.5) is 0 Å². The van der Waals surface area contributed by atoms with Gasteiger partial charge in [-0.25, -0.2) is 0 Å². The normalized spacial score (nSPS) is 27.8. The van der Waals surface area contributed by atoms with Crippen LogP contribution >= 0.6 is 0 Å². The number of para-hydroxylation sites is 1. The molecule has 2 aliphatic heterocycles. The van der Waals surface area contributed by atoms with Crippen molar-refractivity contribution in [2.45, 2.75) is 76.1 Å². The molecule has 1 aliphatic carbocycles. The molecule has 1 spiro atoms. The summed E-state index contributed by atoms with van der Waals surface area (Å²) in [5, 5.41) is 9.70. The summed E-state index contributed by atoms with van der Waals surface area (Å²) in [4.78, 5) is 30.6. The molecular weight excluding hydrogens is 458 g/mol. The van der Waals surface area contributed by atoms with E-state index in [1.54, 1.807) is 42.2 Å². The lowest BCUT2D eigenvalue weighted by Crippen LogP contribution is -2.49. The maximum absolute atomic E-state index is 13.6. The van der Waals surface area contributed by atoms with Crippen LogP contribution in [0.25, 0.3) is 0 Å². The second-order valence-electron chi connectivity index (χ2n) is 10.8. The van der Waals surface area contributed by atoms with Crippen molar-refractivity contribution in [3.63, 3.8) is 0 Å². The van der Waals surface area contributed by atoms with E-state index < -0.39 is 0 Å². The zero-order valence-electron chi connectivity index (χ0n) is 21.8. The third-order valence-electron chi connectivity index (χ3n) is 8.15. The number of fused-ring (bicyclic) bond motifs is 3. The molecule has 1 saturated heterocycles. The summed E-state index contributed by atoms with van der Waals surface area (Å²) in [6, 6.07) is 7.30. The summed E-state index contributed by atoms with van der Waals surface area (Å²) in [5.41, 5.74) is 0.469. The van der Waals surface area contributed by atoms with Gasteiger partial charge < -0.3 is 24.0 Å². The minimum atomic E-state index is -0.268. The first kappa shape index (κ1) is 26.4. The molecule has 196 valence electrons. The Morgan fingerprint density at radius 1 is 1.08 bits per heavy atom. The van der Waals surface area contributed by atoms with Gasteiger partial charge in [0.25, 0.3) is 5.91 Å². The number of hydrogen-bond donors (Lipinski definition) is 0. The highest BCUT2D eigenvalue weighted by molar-refractivity contribution is 5.97. The quantitative estimate of drug-likeness (QED) is 0.587. The number of nitrogens with zero attached hydrogens (tertiary/aromatic N) is 3. The fourth-order valence-corrected chi connectivity index (χ4v) is 6.12. The summed E-state index contributed by atoms with van der Waals surface area (Å²) in [6.07, 6.45) is 7.47. The molecule has 2 heterocycles. The summed E-state index contributed by atoms with van der Waals surface area (Å²) in [6.45, 7) is 1.29. The molecule has 0 unspecified atom stereocenters. The second-order valence-corrected chi connectivity index (χ2v) is 10.8. The number of amides is 2. The first-order valence-electron chi connectivity index (χ1n) is 13.2. The van der Waals surface area contributed by atoms with Gasteiger partial charge in [0, 0.05) is 47.1 Å². The SMILES string of the molecule is CO[C@H]1CC[C@@H]2CCOc3c(C#N)cccc3C(=O)N(C)CC3(CCCCC3)CC(=O)N(C)C[C@H]1O2. The number of nitriles is 1. The van der Waals surface area contributed by atoms with Crippen LogP contribution in [-0.2, 0) is 14.3 Å². The Morgan fingerprint density at radius 2 is 1.86 bits per heavy atom. The number of hydrogen-bond acceptors (Lipinski definition) is 6.